The Balaban J connectivity index is 1.75. The smallest absolute Gasteiger partial charge is 0.293 e. The average molecular weight is 426 g/mol. The van der Waals surface area contributed by atoms with Crippen LogP contribution >= 0.6 is 22.9 Å². The van der Waals surface area contributed by atoms with Gasteiger partial charge in [-0.05, 0) is 42.3 Å². The molecule has 0 radical (unpaired) electrons. The van der Waals surface area contributed by atoms with E-state index < -0.39 is 15.7 Å². The van der Waals surface area contributed by atoms with Crippen molar-refractivity contribution in [2.24, 2.45) is 5.92 Å². The number of hydrogen-bond donors (Lipinski definition) is 1. The van der Waals surface area contributed by atoms with Gasteiger partial charge in [0.05, 0.1) is 4.90 Å². The second-order valence-corrected chi connectivity index (χ2v) is 9.51. The maximum absolute atomic E-state index is 12.6. The topological polar surface area (TPSA) is 102 Å². The fourth-order valence-electron chi connectivity index (χ4n) is 2.21. The molecule has 1 N–H and O–H groups in total. The van der Waals surface area contributed by atoms with Gasteiger partial charge in [0.25, 0.3) is 5.91 Å². The molecule has 0 fully saturated rings. The highest BCUT2D eigenvalue weighted by Gasteiger charge is 2.24. The molecule has 1 amide bonds. The van der Waals surface area contributed by atoms with Gasteiger partial charge < -0.3 is 4.42 Å². The van der Waals surface area contributed by atoms with Crippen LogP contribution in [0.1, 0.15) is 29.4 Å². The second-order valence-electron chi connectivity index (χ2n) is 6.13. The van der Waals surface area contributed by atoms with Crippen molar-refractivity contribution in [3.63, 3.8) is 0 Å². The summed E-state index contributed by atoms with van der Waals surface area (Å²) in [7, 11) is -3.88. The lowest BCUT2D eigenvalue weighted by Crippen LogP contribution is -2.10. The number of hydrogen-bond acceptors (Lipinski definition) is 7. The predicted molar refractivity (Wildman–Crippen MR) is 102 cm³/mol. The predicted octanol–water partition coefficient (Wildman–Crippen LogP) is 4.07. The average Bonchev–Trinajstić information content (AvgIpc) is 3.24. The highest BCUT2D eigenvalue weighted by Crippen LogP contribution is 2.25. The second kappa shape index (κ2) is 7.79. The van der Waals surface area contributed by atoms with Gasteiger partial charge in [-0.15, -0.1) is 10.2 Å². The van der Waals surface area contributed by atoms with Gasteiger partial charge in [0, 0.05) is 11.4 Å². The van der Waals surface area contributed by atoms with Gasteiger partial charge in [-0.25, -0.2) is 8.42 Å². The lowest BCUT2D eigenvalue weighted by Gasteiger charge is -2.01. The summed E-state index contributed by atoms with van der Waals surface area (Å²) in [5.74, 6) is -0.310. The molecular formula is C17H16ClN3O4S2. The van der Waals surface area contributed by atoms with E-state index in [-0.39, 0.29) is 15.7 Å². The van der Waals surface area contributed by atoms with Crippen LogP contribution in [0.2, 0.25) is 5.02 Å². The summed E-state index contributed by atoms with van der Waals surface area (Å²) in [4.78, 5) is 12.3. The Morgan fingerprint density at radius 2 is 1.89 bits per heavy atom. The van der Waals surface area contributed by atoms with E-state index in [0.29, 0.717) is 16.1 Å². The Labute approximate surface area is 165 Å². The Morgan fingerprint density at radius 1 is 1.19 bits per heavy atom. The zero-order valence-electron chi connectivity index (χ0n) is 14.5. The van der Waals surface area contributed by atoms with Crippen molar-refractivity contribution < 1.29 is 17.6 Å². The van der Waals surface area contributed by atoms with Gasteiger partial charge in [-0.1, -0.05) is 36.8 Å². The number of nitrogens with zero attached hydrogens (tertiary/aromatic N) is 2. The summed E-state index contributed by atoms with van der Waals surface area (Å²) in [6.45, 7) is 4.12. The van der Waals surface area contributed by atoms with E-state index in [4.69, 9.17) is 16.0 Å². The van der Waals surface area contributed by atoms with Gasteiger partial charge in [0.2, 0.25) is 20.1 Å². The van der Waals surface area contributed by atoms with Crippen molar-refractivity contribution >= 4 is 43.8 Å². The highest BCUT2D eigenvalue weighted by atomic mass is 35.5. The standard InChI is InChI=1S/C17H16ClN3O4S2/c1-10(2)9-14-20-21-17(26-14)19-16(22)13-7-8-15(25-13)27(23,24)12-5-3-11(18)4-6-12/h3-8,10H,9H2,1-2H3,(H,19,21,22). The Hall–Kier alpha value is -2.23. The number of amides is 1. The number of anilines is 1. The number of furan rings is 1. The molecule has 0 aliphatic rings. The first-order valence-electron chi connectivity index (χ1n) is 8.00. The quantitative estimate of drug-likeness (QED) is 0.638. The molecule has 3 rings (SSSR count). The molecule has 1 aromatic carbocycles. The molecule has 0 atom stereocenters. The van der Waals surface area contributed by atoms with Crippen molar-refractivity contribution in [3.05, 3.63) is 52.2 Å². The third-order valence-corrected chi connectivity index (χ3v) is 6.22. The molecule has 0 saturated carbocycles. The molecule has 0 spiro atoms. The summed E-state index contributed by atoms with van der Waals surface area (Å²) in [6, 6.07) is 8.22. The van der Waals surface area contributed by atoms with Gasteiger partial charge in [-0.2, -0.15) is 0 Å². The van der Waals surface area contributed by atoms with E-state index in [1.165, 1.54) is 47.7 Å². The SMILES string of the molecule is CC(C)Cc1nnc(NC(=O)c2ccc(S(=O)(=O)c3ccc(Cl)cc3)o2)s1. The van der Waals surface area contributed by atoms with Crippen molar-refractivity contribution in [2.45, 2.75) is 30.3 Å². The number of sulfone groups is 1. The normalized spacial score (nSPS) is 11.7. The minimum Gasteiger partial charge on any atom is -0.439 e. The lowest BCUT2D eigenvalue weighted by atomic mass is 10.1. The molecule has 142 valence electrons. The van der Waals surface area contributed by atoms with Gasteiger partial charge in [0.15, 0.2) is 5.76 Å². The minimum absolute atomic E-state index is 0.0238. The maximum Gasteiger partial charge on any atom is 0.293 e. The Bertz CT molecular complexity index is 1060. The van der Waals surface area contributed by atoms with Crippen molar-refractivity contribution in [3.8, 4) is 0 Å². The largest absolute Gasteiger partial charge is 0.439 e. The molecule has 7 nitrogen and oxygen atoms in total. The minimum atomic E-state index is -3.88. The van der Waals surface area contributed by atoms with Crippen molar-refractivity contribution in [2.75, 3.05) is 5.32 Å². The Kier molecular flexibility index (Phi) is 5.64. The molecule has 0 aliphatic heterocycles. The highest BCUT2D eigenvalue weighted by molar-refractivity contribution is 7.91. The van der Waals surface area contributed by atoms with Crippen LogP contribution in [0.25, 0.3) is 0 Å². The van der Waals surface area contributed by atoms with Crippen LogP contribution in [0.5, 0.6) is 0 Å². The van der Waals surface area contributed by atoms with Crippen LogP contribution in [-0.4, -0.2) is 24.5 Å². The molecular weight excluding hydrogens is 410 g/mol. The number of nitrogens with one attached hydrogen (secondary N) is 1. The zero-order chi connectivity index (χ0) is 19.6. The summed E-state index contributed by atoms with van der Waals surface area (Å²) in [5.41, 5.74) is 0. The van der Waals surface area contributed by atoms with E-state index in [1.807, 2.05) is 0 Å². The molecule has 27 heavy (non-hydrogen) atoms. The molecule has 3 aromatic rings. The van der Waals surface area contributed by atoms with E-state index in [0.717, 1.165) is 11.4 Å². The number of carbonyl (C=O) groups excluding carboxylic acids is 1. The van der Waals surface area contributed by atoms with Gasteiger partial charge in [-0.3, -0.25) is 10.1 Å². The summed E-state index contributed by atoms with van der Waals surface area (Å²) in [5, 5.41) is 11.7. The number of aromatic nitrogens is 2. The van der Waals surface area contributed by atoms with E-state index in [1.54, 1.807) is 0 Å². The summed E-state index contributed by atoms with van der Waals surface area (Å²) < 4.78 is 30.4. The van der Waals surface area contributed by atoms with E-state index >= 15 is 0 Å². The lowest BCUT2D eigenvalue weighted by molar-refractivity contribution is 0.0991. The third kappa shape index (κ3) is 4.55. The van der Waals surface area contributed by atoms with Crippen LogP contribution < -0.4 is 5.32 Å². The number of rotatable bonds is 6. The molecule has 2 heterocycles. The molecule has 0 saturated heterocycles. The first kappa shape index (κ1) is 19.5. The van der Waals surface area contributed by atoms with Crippen LogP contribution in [0.4, 0.5) is 5.13 Å². The van der Waals surface area contributed by atoms with Crippen molar-refractivity contribution in [1.29, 1.82) is 0 Å². The van der Waals surface area contributed by atoms with Gasteiger partial charge in [0.1, 0.15) is 5.01 Å². The zero-order valence-corrected chi connectivity index (χ0v) is 16.9. The number of carbonyl (C=O) groups is 1. The van der Waals surface area contributed by atoms with Crippen molar-refractivity contribution in [1.82, 2.24) is 10.2 Å². The monoisotopic (exact) mass is 425 g/mol. The Morgan fingerprint density at radius 3 is 2.56 bits per heavy atom. The van der Waals surface area contributed by atoms with E-state index in [9.17, 15) is 13.2 Å². The summed E-state index contributed by atoms with van der Waals surface area (Å²) in [6.07, 6.45) is 0.762. The van der Waals surface area contributed by atoms with Crippen LogP contribution in [-0.2, 0) is 16.3 Å². The van der Waals surface area contributed by atoms with Gasteiger partial charge >= 0.3 is 0 Å². The molecule has 0 aliphatic carbocycles. The molecule has 0 unspecified atom stereocenters. The van der Waals surface area contributed by atoms with Crippen LogP contribution in [0.15, 0.2) is 50.8 Å². The number of halogens is 1. The van der Waals surface area contributed by atoms with E-state index in [2.05, 4.69) is 29.4 Å². The van der Waals surface area contributed by atoms with Crippen LogP contribution in [0, 0.1) is 5.92 Å². The third-order valence-electron chi connectivity index (χ3n) is 3.46. The first-order valence-corrected chi connectivity index (χ1v) is 10.7. The summed E-state index contributed by atoms with van der Waals surface area (Å²) >= 11 is 7.05. The fraction of sp³-hybridized carbons (Fsp3) is 0.235. The fourth-order valence-corrected chi connectivity index (χ4v) is 4.46. The van der Waals surface area contributed by atoms with Crippen LogP contribution in [0.3, 0.4) is 0 Å². The molecule has 2 aromatic heterocycles. The molecule has 0 bridgehead atoms. The number of benzene rings is 1. The maximum atomic E-state index is 12.6. The first-order chi connectivity index (χ1) is 12.8. The molecule has 10 heteroatoms.